The highest BCUT2D eigenvalue weighted by Gasteiger charge is 2.18. The molecule has 0 aliphatic heterocycles. The molecular weight excluding hydrogens is 382 g/mol. The van der Waals surface area contributed by atoms with E-state index < -0.39 is 5.91 Å². The molecule has 0 unspecified atom stereocenters. The normalized spacial score (nSPS) is 11.5. The lowest BCUT2D eigenvalue weighted by Gasteiger charge is -2.04. The quantitative estimate of drug-likeness (QED) is 0.483. The Morgan fingerprint density at radius 1 is 1.18 bits per heavy atom. The van der Waals surface area contributed by atoms with Crippen LogP contribution in [0.4, 0.5) is 0 Å². The molecular formula is C19H14ClN5O3. The first-order valence-electron chi connectivity index (χ1n) is 8.31. The highest BCUT2D eigenvalue weighted by Crippen LogP contribution is 2.30. The zero-order valence-corrected chi connectivity index (χ0v) is 15.2. The number of rotatable bonds is 6. The number of nitrogens with zero attached hydrogens (tertiary/aromatic N) is 3. The molecule has 8 nitrogen and oxygen atoms in total. The lowest BCUT2D eigenvalue weighted by Crippen LogP contribution is -2.24. The van der Waals surface area contributed by atoms with Crippen LogP contribution in [0.3, 0.4) is 0 Å². The van der Waals surface area contributed by atoms with E-state index in [1.807, 2.05) is 18.2 Å². The van der Waals surface area contributed by atoms with Gasteiger partial charge in [-0.1, -0.05) is 23.7 Å². The molecule has 0 fully saturated rings. The number of H-pyrrole nitrogens is 1. The smallest absolute Gasteiger partial charge is 0.255 e. The van der Waals surface area contributed by atoms with Gasteiger partial charge in [0.1, 0.15) is 17.3 Å². The maximum atomic E-state index is 12.7. The van der Waals surface area contributed by atoms with Gasteiger partial charge in [-0.2, -0.15) is 5.21 Å². The summed E-state index contributed by atoms with van der Waals surface area (Å²) in [5.41, 5.74) is 0.951. The minimum atomic E-state index is -0.395. The second-order valence-corrected chi connectivity index (χ2v) is 6.14. The van der Waals surface area contributed by atoms with E-state index in [0.717, 1.165) is 5.56 Å². The Labute approximate surface area is 164 Å². The molecule has 0 saturated carbocycles. The standard InChI is InChI=1S/C19H14ClN5O3/c20-16-6-2-1-5-14(16)17-8-7-12(28-17)10-15(18-22-24-25-23-18)19(26)21-11-13-4-3-9-27-13/h1-10H,11H2,(H,21,26)(H,22,23,24,25). The summed E-state index contributed by atoms with van der Waals surface area (Å²) in [4.78, 5) is 12.7. The van der Waals surface area contributed by atoms with Crippen molar-refractivity contribution in [2.45, 2.75) is 6.54 Å². The van der Waals surface area contributed by atoms with Crippen molar-refractivity contribution in [3.05, 3.63) is 77.2 Å². The van der Waals surface area contributed by atoms with Crippen molar-refractivity contribution in [2.75, 3.05) is 0 Å². The molecule has 3 aromatic heterocycles. The Kier molecular flexibility index (Phi) is 5.03. The molecule has 3 heterocycles. The van der Waals surface area contributed by atoms with Gasteiger partial charge in [0.25, 0.3) is 5.91 Å². The van der Waals surface area contributed by atoms with Gasteiger partial charge in [-0.15, -0.1) is 10.2 Å². The molecule has 0 aliphatic carbocycles. The van der Waals surface area contributed by atoms with Crippen molar-refractivity contribution in [1.82, 2.24) is 25.9 Å². The number of hydrogen-bond donors (Lipinski definition) is 2. The number of aromatic nitrogens is 4. The molecule has 1 aromatic carbocycles. The number of halogens is 1. The van der Waals surface area contributed by atoms with Crippen LogP contribution in [-0.4, -0.2) is 26.5 Å². The van der Waals surface area contributed by atoms with Gasteiger partial charge < -0.3 is 14.2 Å². The lowest BCUT2D eigenvalue weighted by molar-refractivity contribution is -0.115. The highest BCUT2D eigenvalue weighted by atomic mass is 35.5. The fraction of sp³-hybridized carbons (Fsp3) is 0.0526. The maximum absolute atomic E-state index is 12.7. The predicted molar refractivity (Wildman–Crippen MR) is 102 cm³/mol. The van der Waals surface area contributed by atoms with Crippen LogP contribution in [0, 0.1) is 0 Å². The van der Waals surface area contributed by atoms with Gasteiger partial charge in [-0.3, -0.25) is 4.79 Å². The van der Waals surface area contributed by atoms with E-state index in [2.05, 4.69) is 25.9 Å². The number of furan rings is 2. The molecule has 2 N–H and O–H groups in total. The zero-order valence-electron chi connectivity index (χ0n) is 14.4. The van der Waals surface area contributed by atoms with Gasteiger partial charge >= 0.3 is 0 Å². The monoisotopic (exact) mass is 395 g/mol. The summed E-state index contributed by atoms with van der Waals surface area (Å²) in [6.45, 7) is 0.226. The van der Waals surface area contributed by atoms with Crippen molar-refractivity contribution in [3.8, 4) is 11.3 Å². The van der Waals surface area contributed by atoms with Crippen LogP contribution in [-0.2, 0) is 11.3 Å². The van der Waals surface area contributed by atoms with E-state index in [1.54, 1.807) is 36.4 Å². The number of tetrazole rings is 1. The molecule has 0 aliphatic rings. The Balaban J connectivity index is 1.61. The highest BCUT2D eigenvalue weighted by molar-refractivity contribution is 6.33. The fourth-order valence-corrected chi connectivity index (χ4v) is 2.79. The van der Waals surface area contributed by atoms with E-state index in [0.29, 0.717) is 22.3 Å². The number of hydrogen-bond acceptors (Lipinski definition) is 6. The van der Waals surface area contributed by atoms with Crippen LogP contribution in [0.25, 0.3) is 23.0 Å². The molecule has 4 rings (SSSR count). The van der Waals surface area contributed by atoms with Gasteiger partial charge in [0.2, 0.25) is 5.82 Å². The van der Waals surface area contributed by atoms with Crippen LogP contribution < -0.4 is 5.32 Å². The van der Waals surface area contributed by atoms with Gasteiger partial charge in [-0.05, 0) is 47.7 Å². The van der Waals surface area contributed by atoms with Gasteiger partial charge in [0.05, 0.1) is 23.4 Å². The summed E-state index contributed by atoms with van der Waals surface area (Å²) in [5, 5.41) is 17.0. The van der Waals surface area contributed by atoms with Crippen molar-refractivity contribution >= 4 is 29.2 Å². The minimum absolute atomic E-state index is 0.146. The summed E-state index contributed by atoms with van der Waals surface area (Å²) in [6, 6.07) is 14.4. The predicted octanol–water partition coefficient (Wildman–Crippen LogP) is 3.56. The molecule has 28 heavy (non-hydrogen) atoms. The Morgan fingerprint density at radius 3 is 2.82 bits per heavy atom. The van der Waals surface area contributed by atoms with Gasteiger partial charge in [0, 0.05) is 5.56 Å². The van der Waals surface area contributed by atoms with E-state index in [4.69, 9.17) is 20.4 Å². The topological polar surface area (TPSA) is 110 Å². The third-order valence-electron chi connectivity index (χ3n) is 3.89. The van der Waals surface area contributed by atoms with E-state index in [-0.39, 0.29) is 17.9 Å². The first-order chi connectivity index (χ1) is 13.7. The largest absolute Gasteiger partial charge is 0.467 e. The van der Waals surface area contributed by atoms with Crippen LogP contribution in [0.1, 0.15) is 17.3 Å². The molecule has 1 amide bonds. The van der Waals surface area contributed by atoms with Crippen LogP contribution in [0.15, 0.2) is 63.6 Å². The van der Waals surface area contributed by atoms with E-state index in [9.17, 15) is 4.79 Å². The molecule has 140 valence electrons. The maximum Gasteiger partial charge on any atom is 0.255 e. The lowest BCUT2D eigenvalue weighted by atomic mass is 10.2. The van der Waals surface area contributed by atoms with E-state index >= 15 is 0 Å². The second-order valence-electron chi connectivity index (χ2n) is 5.74. The van der Waals surface area contributed by atoms with Crippen molar-refractivity contribution in [2.24, 2.45) is 0 Å². The molecule has 0 spiro atoms. The summed E-state index contributed by atoms with van der Waals surface area (Å²) in [7, 11) is 0. The van der Waals surface area contributed by atoms with Crippen LogP contribution in [0.5, 0.6) is 0 Å². The number of nitrogens with one attached hydrogen (secondary N) is 2. The summed E-state index contributed by atoms with van der Waals surface area (Å²) in [5.74, 6) is 1.41. The fourth-order valence-electron chi connectivity index (χ4n) is 2.56. The molecule has 4 aromatic rings. The number of amides is 1. The van der Waals surface area contributed by atoms with Gasteiger partial charge in [-0.25, -0.2) is 0 Å². The summed E-state index contributed by atoms with van der Waals surface area (Å²) < 4.78 is 11.1. The average Bonchev–Trinajstić information content (AvgIpc) is 3.47. The van der Waals surface area contributed by atoms with E-state index in [1.165, 1.54) is 6.26 Å². The minimum Gasteiger partial charge on any atom is -0.467 e. The molecule has 0 saturated heterocycles. The van der Waals surface area contributed by atoms with Crippen LogP contribution >= 0.6 is 11.6 Å². The summed E-state index contributed by atoms with van der Waals surface area (Å²) in [6.07, 6.45) is 3.08. The number of carbonyl (C=O) groups excluding carboxylic acids is 1. The van der Waals surface area contributed by atoms with Crippen molar-refractivity contribution in [3.63, 3.8) is 0 Å². The first kappa shape index (κ1) is 17.7. The zero-order chi connectivity index (χ0) is 19.3. The van der Waals surface area contributed by atoms with Crippen molar-refractivity contribution < 1.29 is 13.6 Å². The third-order valence-corrected chi connectivity index (χ3v) is 4.22. The number of aromatic amines is 1. The molecule has 0 atom stereocenters. The molecule has 0 bridgehead atoms. The molecule has 9 heteroatoms. The Morgan fingerprint density at radius 2 is 2.07 bits per heavy atom. The summed E-state index contributed by atoms with van der Waals surface area (Å²) >= 11 is 6.21. The molecule has 0 radical (unpaired) electrons. The third kappa shape index (κ3) is 3.86. The Hall–Kier alpha value is -3.65. The van der Waals surface area contributed by atoms with Gasteiger partial charge in [0.15, 0.2) is 0 Å². The first-order valence-corrected chi connectivity index (χ1v) is 8.69. The van der Waals surface area contributed by atoms with Crippen molar-refractivity contribution in [1.29, 1.82) is 0 Å². The number of benzene rings is 1. The average molecular weight is 396 g/mol. The second kappa shape index (κ2) is 7.93. The Bertz CT molecular complexity index is 1100. The van der Waals surface area contributed by atoms with Crippen LogP contribution in [0.2, 0.25) is 5.02 Å². The SMILES string of the molecule is O=C(NCc1ccco1)C(=Cc1ccc(-c2ccccc2Cl)o1)c1nn[nH]n1. The number of carbonyl (C=O) groups is 1.